The molecule has 1 aromatic carbocycles. The third-order valence-electron chi connectivity index (χ3n) is 3.46. The van der Waals surface area contributed by atoms with Crippen LogP contribution in [0, 0.1) is 13.8 Å². The summed E-state index contributed by atoms with van der Waals surface area (Å²) in [5.74, 6) is 0.696. The van der Waals surface area contributed by atoms with E-state index in [2.05, 4.69) is 58.0 Å². The molecule has 0 heterocycles. The molecule has 0 saturated carbocycles. The minimum Gasteiger partial charge on any atom is -0.0888 e. The van der Waals surface area contributed by atoms with E-state index in [1.165, 1.54) is 36.0 Å². The van der Waals surface area contributed by atoms with Gasteiger partial charge in [0.15, 0.2) is 0 Å². The summed E-state index contributed by atoms with van der Waals surface area (Å²) in [6, 6.07) is 6.94. The first kappa shape index (κ1) is 14.0. The monoisotopic (exact) mass is 230 g/mol. The smallest absolute Gasteiger partial charge is 0.0127 e. The summed E-state index contributed by atoms with van der Waals surface area (Å²) in [5, 5.41) is 0. The van der Waals surface area contributed by atoms with Gasteiger partial charge in [-0.2, -0.15) is 0 Å². The first-order chi connectivity index (χ1) is 8.19. The van der Waals surface area contributed by atoms with Gasteiger partial charge in [0, 0.05) is 0 Å². The molecule has 1 unspecified atom stereocenters. The first-order valence-electron chi connectivity index (χ1n) is 6.91. The quantitative estimate of drug-likeness (QED) is 0.562. The molecule has 0 amide bonds. The van der Waals surface area contributed by atoms with Crippen molar-refractivity contribution in [2.75, 3.05) is 0 Å². The van der Waals surface area contributed by atoms with Crippen molar-refractivity contribution >= 4 is 0 Å². The van der Waals surface area contributed by atoms with Gasteiger partial charge < -0.3 is 0 Å². The van der Waals surface area contributed by atoms with E-state index in [0.29, 0.717) is 5.92 Å². The molecule has 0 saturated heterocycles. The molecule has 0 fully saturated rings. The number of aryl methyl sites for hydroxylation is 2. The number of allylic oxidation sites excluding steroid dienone is 2. The fourth-order valence-corrected chi connectivity index (χ4v) is 2.21. The second-order valence-corrected chi connectivity index (χ2v) is 4.94. The molecular formula is C17H26. The maximum atomic E-state index is 2.37. The average Bonchev–Trinajstić information content (AvgIpc) is 2.32. The van der Waals surface area contributed by atoms with Crippen molar-refractivity contribution < 1.29 is 0 Å². The molecule has 0 bridgehead atoms. The van der Waals surface area contributed by atoms with Gasteiger partial charge in [0.2, 0.25) is 0 Å². The van der Waals surface area contributed by atoms with Gasteiger partial charge in [-0.15, -0.1) is 0 Å². The number of hydrogen-bond acceptors (Lipinski definition) is 0. The van der Waals surface area contributed by atoms with Crippen molar-refractivity contribution in [3.05, 3.63) is 47.0 Å². The largest absolute Gasteiger partial charge is 0.0888 e. The molecule has 1 atom stereocenters. The van der Waals surface area contributed by atoms with Crippen molar-refractivity contribution in [2.45, 2.75) is 59.3 Å². The van der Waals surface area contributed by atoms with Crippen LogP contribution in [0.4, 0.5) is 0 Å². The summed E-state index contributed by atoms with van der Waals surface area (Å²) < 4.78 is 0. The second-order valence-electron chi connectivity index (χ2n) is 4.94. The van der Waals surface area contributed by atoms with Gasteiger partial charge in [-0.25, -0.2) is 0 Å². The fraction of sp³-hybridized carbons (Fsp3) is 0.529. The zero-order valence-corrected chi connectivity index (χ0v) is 11.8. The maximum Gasteiger partial charge on any atom is -0.0127 e. The van der Waals surface area contributed by atoms with Crippen LogP contribution < -0.4 is 0 Å². The van der Waals surface area contributed by atoms with Gasteiger partial charge in [-0.05, 0) is 55.7 Å². The Morgan fingerprint density at radius 3 is 2.41 bits per heavy atom. The molecule has 0 aliphatic rings. The second kappa shape index (κ2) is 7.32. The average molecular weight is 230 g/mol. The molecule has 0 nitrogen and oxygen atoms in total. The Morgan fingerprint density at radius 1 is 1.06 bits per heavy atom. The van der Waals surface area contributed by atoms with Crippen molar-refractivity contribution in [1.82, 2.24) is 0 Å². The maximum absolute atomic E-state index is 2.37. The van der Waals surface area contributed by atoms with Gasteiger partial charge in [0.25, 0.3) is 0 Å². The highest BCUT2D eigenvalue weighted by Gasteiger charge is 2.09. The third-order valence-corrected chi connectivity index (χ3v) is 3.46. The van der Waals surface area contributed by atoms with Gasteiger partial charge >= 0.3 is 0 Å². The summed E-state index contributed by atoms with van der Waals surface area (Å²) in [5.41, 5.74) is 4.33. The van der Waals surface area contributed by atoms with E-state index >= 15 is 0 Å². The molecule has 0 radical (unpaired) electrons. The Hall–Kier alpha value is -1.04. The van der Waals surface area contributed by atoms with Crippen LogP contribution in [0.1, 0.15) is 62.1 Å². The third kappa shape index (κ3) is 4.38. The van der Waals surface area contributed by atoms with Crippen molar-refractivity contribution in [2.24, 2.45) is 0 Å². The van der Waals surface area contributed by atoms with E-state index in [-0.39, 0.29) is 0 Å². The Kier molecular flexibility index (Phi) is 6.04. The molecule has 1 aromatic rings. The van der Waals surface area contributed by atoms with Gasteiger partial charge in [-0.1, -0.05) is 50.6 Å². The zero-order valence-electron chi connectivity index (χ0n) is 11.8. The van der Waals surface area contributed by atoms with E-state index < -0.39 is 0 Å². The Bertz CT molecular complexity index is 360. The van der Waals surface area contributed by atoms with Crippen molar-refractivity contribution in [3.63, 3.8) is 0 Å². The normalized spacial score (nSPS) is 13.2. The molecule has 0 aliphatic carbocycles. The van der Waals surface area contributed by atoms with E-state index in [1.54, 1.807) is 0 Å². The van der Waals surface area contributed by atoms with Crippen LogP contribution in [0.3, 0.4) is 0 Å². The zero-order chi connectivity index (χ0) is 12.7. The number of rotatable bonds is 6. The first-order valence-corrected chi connectivity index (χ1v) is 6.91. The molecule has 0 N–H and O–H groups in total. The van der Waals surface area contributed by atoms with Gasteiger partial charge in [0.1, 0.15) is 0 Å². The highest BCUT2D eigenvalue weighted by Crippen LogP contribution is 2.27. The molecule has 0 heteroatoms. The number of benzene rings is 1. The summed E-state index contributed by atoms with van der Waals surface area (Å²) in [6.45, 7) is 8.87. The van der Waals surface area contributed by atoms with E-state index in [1.807, 2.05) is 0 Å². The van der Waals surface area contributed by atoms with Crippen LogP contribution in [0.25, 0.3) is 0 Å². The molecule has 94 valence electrons. The Labute approximate surface area is 107 Å². The van der Waals surface area contributed by atoms with Crippen LogP contribution in [-0.4, -0.2) is 0 Å². The SMILES string of the molecule is CC/C=C\CC(CCC)c1ccc(C)c(C)c1. The summed E-state index contributed by atoms with van der Waals surface area (Å²) in [7, 11) is 0. The topological polar surface area (TPSA) is 0 Å². The lowest BCUT2D eigenvalue weighted by atomic mass is 9.89. The molecule has 0 aliphatic heterocycles. The standard InChI is InChI=1S/C17H26/c1-5-7-8-10-16(9-6-2)17-12-11-14(3)15(4)13-17/h7-8,11-13,16H,5-6,9-10H2,1-4H3/b8-7-. The molecule has 0 spiro atoms. The number of hydrogen-bond donors (Lipinski definition) is 0. The Morgan fingerprint density at radius 2 is 1.82 bits per heavy atom. The highest BCUT2D eigenvalue weighted by atomic mass is 14.1. The lowest BCUT2D eigenvalue weighted by Crippen LogP contribution is -1.98. The highest BCUT2D eigenvalue weighted by molar-refractivity contribution is 5.32. The molecule has 17 heavy (non-hydrogen) atoms. The summed E-state index contributed by atoms with van der Waals surface area (Å²) >= 11 is 0. The minimum absolute atomic E-state index is 0.696. The molecular weight excluding hydrogens is 204 g/mol. The molecule has 0 aromatic heterocycles. The van der Waals surface area contributed by atoms with Crippen LogP contribution in [0.2, 0.25) is 0 Å². The van der Waals surface area contributed by atoms with E-state index in [9.17, 15) is 0 Å². The predicted octanol–water partition coefficient (Wildman–Crippen LogP) is 5.54. The Balaban J connectivity index is 2.81. The van der Waals surface area contributed by atoms with Crippen LogP contribution in [0.15, 0.2) is 30.4 Å². The van der Waals surface area contributed by atoms with Crippen LogP contribution in [0.5, 0.6) is 0 Å². The summed E-state index contributed by atoms with van der Waals surface area (Å²) in [4.78, 5) is 0. The van der Waals surface area contributed by atoms with Crippen molar-refractivity contribution in [1.29, 1.82) is 0 Å². The van der Waals surface area contributed by atoms with Gasteiger partial charge in [0.05, 0.1) is 0 Å². The fourth-order valence-electron chi connectivity index (χ4n) is 2.21. The van der Waals surface area contributed by atoms with Crippen molar-refractivity contribution in [3.8, 4) is 0 Å². The van der Waals surface area contributed by atoms with Crippen LogP contribution in [-0.2, 0) is 0 Å². The van der Waals surface area contributed by atoms with Gasteiger partial charge in [-0.3, -0.25) is 0 Å². The van der Waals surface area contributed by atoms with E-state index in [0.717, 1.165) is 6.42 Å². The summed E-state index contributed by atoms with van der Waals surface area (Å²) in [6.07, 6.45) is 9.50. The lowest BCUT2D eigenvalue weighted by Gasteiger charge is -2.16. The predicted molar refractivity (Wildman–Crippen MR) is 77.6 cm³/mol. The lowest BCUT2D eigenvalue weighted by molar-refractivity contribution is 0.619. The van der Waals surface area contributed by atoms with Crippen LogP contribution >= 0.6 is 0 Å². The minimum atomic E-state index is 0.696. The van der Waals surface area contributed by atoms with E-state index in [4.69, 9.17) is 0 Å². The molecule has 1 rings (SSSR count).